The average molecular weight is 212 g/mol. The fourth-order valence-corrected chi connectivity index (χ4v) is 1.38. The molecule has 0 spiro atoms. The lowest BCUT2D eigenvalue weighted by Crippen LogP contribution is -2.13. The van der Waals surface area contributed by atoms with Gasteiger partial charge in [0.15, 0.2) is 17.8 Å². The maximum atomic E-state index is 9.52. The number of hydrogen-bond acceptors (Lipinski definition) is 4. The first-order chi connectivity index (χ1) is 7.19. The molecule has 4 nitrogen and oxygen atoms in total. The molecule has 15 heavy (non-hydrogen) atoms. The number of rotatable bonds is 5. The van der Waals surface area contributed by atoms with Gasteiger partial charge in [0.2, 0.25) is 0 Å². The summed E-state index contributed by atoms with van der Waals surface area (Å²) in [6.07, 6.45) is 0.933. The van der Waals surface area contributed by atoms with E-state index >= 15 is 0 Å². The Morgan fingerprint density at radius 3 is 2.47 bits per heavy atom. The van der Waals surface area contributed by atoms with Gasteiger partial charge >= 0.3 is 0 Å². The SMILES string of the molecule is COC(CCc1cccc(O)c1O)OC. The predicted molar refractivity (Wildman–Crippen MR) is 55.9 cm³/mol. The number of para-hydroxylation sites is 1. The van der Waals surface area contributed by atoms with Gasteiger partial charge in [-0.15, -0.1) is 0 Å². The molecule has 0 amide bonds. The Hall–Kier alpha value is -1.26. The molecule has 0 aliphatic heterocycles. The van der Waals surface area contributed by atoms with Crippen LogP contribution < -0.4 is 0 Å². The van der Waals surface area contributed by atoms with Crippen LogP contribution in [-0.4, -0.2) is 30.7 Å². The molecule has 0 bridgehead atoms. The molecule has 0 fully saturated rings. The number of hydrogen-bond donors (Lipinski definition) is 2. The second-order valence-electron chi connectivity index (χ2n) is 3.22. The van der Waals surface area contributed by atoms with Gasteiger partial charge < -0.3 is 19.7 Å². The summed E-state index contributed by atoms with van der Waals surface area (Å²) in [6, 6.07) is 4.90. The Balaban J connectivity index is 2.61. The van der Waals surface area contributed by atoms with E-state index in [1.54, 1.807) is 26.4 Å². The topological polar surface area (TPSA) is 58.9 Å². The summed E-state index contributed by atoms with van der Waals surface area (Å²) >= 11 is 0. The molecule has 2 N–H and O–H groups in total. The van der Waals surface area contributed by atoms with Gasteiger partial charge in [-0.3, -0.25) is 0 Å². The van der Waals surface area contributed by atoms with Gasteiger partial charge in [0.25, 0.3) is 0 Å². The Morgan fingerprint density at radius 2 is 1.87 bits per heavy atom. The Morgan fingerprint density at radius 1 is 1.20 bits per heavy atom. The zero-order valence-corrected chi connectivity index (χ0v) is 8.93. The molecule has 1 rings (SSSR count). The summed E-state index contributed by atoms with van der Waals surface area (Å²) in [6.45, 7) is 0. The van der Waals surface area contributed by atoms with Crippen LogP contribution in [-0.2, 0) is 15.9 Å². The first-order valence-electron chi connectivity index (χ1n) is 4.74. The fourth-order valence-electron chi connectivity index (χ4n) is 1.38. The first kappa shape index (κ1) is 11.8. The van der Waals surface area contributed by atoms with Crippen LogP contribution in [0, 0.1) is 0 Å². The van der Waals surface area contributed by atoms with E-state index in [-0.39, 0.29) is 17.8 Å². The summed E-state index contributed by atoms with van der Waals surface area (Å²) in [5.41, 5.74) is 0.689. The van der Waals surface area contributed by atoms with Crippen molar-refractivity contribution in [3.05, 3.63) is 23.8 Å². The molecule has 0 heterocycles. The summed E-state index contributed by atoms with van der Waals surface area (Å²) < 4.78 is 10.0. The Labute approximate surface area is 89.1 Å². The van der Waals surface area contributed by atoms with Crippen LogP contribution in [0.1, 0.15) is 12.0 Å². The van der Waals surface area contributed by atoms with E-state index in [0.717, 1.165) is 0 Å². The van der Waals surface area contributed by atoms with Crippen LogP contribution in [0.5, 0.6) is 11.5 Å². The number of methoxy groups -OCH3 is 2. The van der Waals surface area contributed by atoms with E-state index in [0.29, 0.717) is 18.4 Å². The van der Waals surface area contributed by atoms with Crippen molar-refractivity contribution < 1.29 is 19.7 Å². The minimum Gasteiger partial charge on any atom is -0.504 e. The lowest BCUT2D eigenvalue weighted by molar-refractivity contribution is -0.105. The normalized spacial score (nSPS) is 10.9. The monoisotopic (exact) mass is 212 g/mol. The minimum atomic E-state index is -0.285. The van der Waals surface area contributed by atoms with E-state index in [1.807, 2.05) is 0 Å². The Kier molecular flexibility index (Phi) is 4.39. The Bertz CT molecular complexity index is 307. The van der Waals surface area contributed by atoms with Crippen molar-refractivity contribution in [2.75, 3.05) is 14.2 Å². The lowest BCUT2D eigenvalue weighted by atomic mass is 10.1. The summed E-state index contributed by atoms with van der Waals surface area (Å²) in [4.78, 5) is 0. The molecule has 0 saturated carbocycles. The molecule has 0 aliphatic carbocycles. The van der Waals surface area contributed by atoms with Gasteiger partial charge in [-0.1, -0.05) is 12.1 Å². The minimum absolute atomic E-state index is 0.0662. The highest BCUT2D eigenvalue weighted by molar-refractivity contribution is 5.44. The van der Waals surface area contributed by atoms with Gasteiger partial charge in [0.05, 0.1) is 0 Å². The molecule has 0 atom stereocenters. The van der Waals surface area contributed by atoms with Crippen molar-refractivity contribution in [1.29, 1.82) is 0 Å². The number of aryl methyl sites for hydroxylation is 1. The zero-order valence-electron chi connectivity index (χ0n) is 8.93. The van der Waals surface area contributed by atoms with Crippen LogP contribution >= 0.6 is 0 Å². The molecular weight excluding hydrogens is 196 g/mol. The second-order valence-corrected chi connectivity index (χ2v) is 3.22. The van der Waals surface area contributed by atoms with E-state index in [4.69, 9.17) is 9.47 Å². The largest absolute Gasteiger partial charge is 0.504 e. The van der Waals surface area contributed by atoms with Crippen LogP contribution in [0.3, 0.4) is 0 Å². The molecule has 1 aromatic carbocycles. The third-order valence-corrected chi connectivity index (χ3v) is 2.27. The maximum Gasteiger partial charge on any atom is 0.160 e. The van der Waals surface area contributed by atoms with Crippen LogP contribution in [0.25, 0.3) is 0 Å². The van der Waals surface area contributed by atoms with Crippen molar-refractivity contribution in [2.45, 2.75) is 19.1 Å². The van der Waals surface area contributed by atoms with E-state index in [2.05, 4.69) is 0 Å². The molecule has 0 aliphatic rings. The number of phenols is 2. The van der Waals surface area contributed by atoms with Crippen molar-refractivity contribution in [1.82, 2.24) is 0 Å². The smallest absolute Gasteiger partial charge is 0.160 e. The molecule has 0 unspecified atom stereocenters. The van der Waals surface area contributed by atoms with E-state index in [1.165, 1.54) is 6.07 Å². The van der Waals surface area contributed by atoms with Gasteiger partial charge in [-0.05, 0) is 18.1 Å². The third-order valence-electron chi connectivity index (χ3n) is 2.27. The summed E-state index contributed by atoms with van der Waals surface area (Å²) in [5, 5.41) is 18.8. The van der Waals surface area contributed by atoms with Crippen LogP contribution in [0.2, 0.25) is 0 Å². The number of aromatic hydroxyl groups is 2. The van der Waals surface area contributed by atoms with E-state index < -0.39 is 0 Å². The van der Waals surface area contributed by atoms with Crippen LogP contribution in [0.4, 0.5) is 0 Å². The highest BCUT2D eigenvalue weighted by atomic mass is 16.7. The molecule has 0 radical (unpaired) electrons. The maximum absolute atomic E-state index is 9.52. The van der Waals surface area contributed by atoms with Crippen molar-refractivity contribution in [3.8, 4) is 11.5 Å². The van der Waals surface area contributed by atoms with Gasteiger partial charge in [0.1, 0.15) is 0 Å². The first-order valence-corrected chi connectivity index (χ1v) is 4.74. The summed E-state index contributed by atoms with van der Waals surface area (Å²) in [5.74, 6) is -0.165. The van der Waals surface area contributed by atoms with Gasteiger partial charge in [-0.25, -0.2) is 0 Å². The van der Waals surface area contributed by atoms with Gasteiger partial charge in [-0.2, -0.15) is 0 Å². The fraction of sp³-hybridized carbons (Fsp3) is 0.455. The molecule has 4 heteroatoms. The van der Waals surface area contributed by atoms with Crippen molar-refractivity contribution in [3.63, 3.8) is 0 Å². The highest BCUT2D eigenvalue weighted by Crippen LogP contribution is 2.29. The van der Waals surface area contributed by atoms with Crippen molar-refractivity contribution >= 4 is 0 Å². The van der Waals surface area contributed by atoms with Crippen LogP contribution in [0.15, 0.2) is 18.2 Å². The van der Waals surface area contributed by atoms with E-state index in [9.17, 15) is 10.2 Å². The zero-order chi connectivity index (χ0) is 11.3. The molecule has 0 aromatic heterocycles. The highest BCUT2D eigenvalue weighted by Gasteiger charge is 2.09. The predicted octanol–water partition coefficient (Wildman–Crippen LogP) is 1.65. The molecular formula is C11H16O4. The average Bonchev–Trinajstić information content (AvgIpc) is 2.25. The molecule has 1 aromatic rings. The standard InChI is InChI=1S/C11H16O4/c1-14-10(15-2)7-6-8-4-3-5-9(12)11(8)13/h3-5,10,12-13H,6-7H2,1-2H3. The van der Waals surface area contributed by atoms with Gasteiger partial charge in [0, 0.05) is 20.6 Å². The summed E-state index contributed by atoms with van der Waals surface area (Å²) in [7, 11) is 3.13. The number of benzene rings is 1. The second kappa shape index (κ2) is 5.58. The van der Waals surface area contributed by atoms with Crippen molar-refractivity contribution in [2.24, 2.45) is 0 Å². The number of phenolic OH excluding ortho intramolecular Hbond substituents is 2. The lowest BCUT2D eigenvalue weighted by Gasteiger charge is -2.13. The molecule has 84 valence electrons. The quantitative estimate of drug-likeness (QED) is 0.575. The number of ether oxygens (including phenoxy) is 2. The third kappa shape index (κ3) is 3.11. The molecule has 0 saturated heterocycles.